The van der Waals surface area contributed by atoms with Gasteiger partial charge in [-0.25, -0.2) is 0 Å². The molecule has 1 atom stereocenters. The van der Waals surface area contributed by atoms with Crippen LogP contribution in [0.25, 0.3) is 0 Å². The number of hydrogen-bond acceptors (Lipinski definition) is 2. The molecule has 0 radical (unpaired) electrons. The monoisotopic (exact) mass is 454 g/mol. The standard InChI is InChI=1S/C22H25Cl3N2O2/c1-14(2)12-26-22(29)15(3)27(13-17-7-8-19(24)20(25)10-17)21(28)11-16-5-4-6-18(23)9-16/h4-10,14-15H,11-13H2,1-3H3,(H,26,29). The number of amides is 2. The fourth-order valence-corrected chi connectivity index (χ4v) is 3.33. The molecule has 156 valence electrons. The zero-order chi connectivity index (χ0) is 21.6. The molecule has 0 aromatic heterocycles. The molecule has 2 amide bonds. The van der Waals surface area contributed by atoms with Crippen LogP contribution in [0.3, 0.4) is 0 Å². The van der Waals surface area contributed by atoms with Gasteiger partial charge in [0.25, 0.3) is 0 Å². The van der Waals surface area contributed by atoms with Gasteiger partial charge in [-0.15, -0.1) is 0 Å². The number of nitrogens with one attached hydrogen (secondary N) is 1. The molecule has 29 heavy (non-hydrogen) atoms. The molecule has 1 N–H and O–H groups in total. The minimum absolute atomic E-state index is 0.143. The summed E-state index contributed by atoms with van der Waals surface area (Å²) in [4.78, 5) is 27.3. The zero-order valence-corrected chi connectivity index (χ0v) is 19.0. The summed E-state index contributed by atoms with van der Waals surface area (Å²) in [5.41, 5.74) is 1.58. The Morgan fingerprint density at radius 2 is 1.69 bits per heavy atom. The van der Waals surface area contributed by atoms with Gasteiger partial charge >= 0.3 is 0 Å². The third kappa shape index (κ3) is 7.22. The lowest BCUT2D eigenvalue weighted by Gasteiger charge is -2.29. The molecule has 0 fully saturated rings. The molecule has 0 aliphatic carbocycles. The molecule has 0 bridgehead atoms. The van der Waals surface area contributed by atoms with E-state index >= 15 is 0 Å². The van der Waals surface area contributed by atoms with Crippen molar-refractivity contribution in [3.63, 3.8) is 0 Å². The van der Waals surface area contributed by atoms with Crippen molar-refractivity contribution in [2.45, 2.75) is 39.8 Å². The molecule has 0 aliphatic rings. The van der Waals surface area contributed by atoms with Crippen LogP contribution in [0.2, 0.25) is 15.1 Å². The molecular formula is C22H25Cl3N2O2. The van der Waals surface area contributed by atoms with E-state index in [2.05, 4.69) is 5.32 Å². The Morgan fingerprint density at radius 3 is 2.31 bits per heavy atom. The highest BCUT2D eigenvalue weighted by molar-refractivity contribution is 6.42. The van der Waals surface area contributed by atoms with Crippen molar-refractivity contribution in [1.29, 1.82) is 0 Å². The van der Waals surface area contributed by atoms with E-state index in [4.69, 9.17) is 34.8 Å². The number of rotatable bonds is 8. The van der Waals surface area contributed by atoms with Gasteiger partial charge in [0.2, 0.25) is 11.8 Å². The van der Waals surface area contributed by atoms with Gasteiger partial charge in [-0.05, 0) is 48.2 Å². The van der Waals surface area contributed by atoms with Gasteiger partial charge in [0.1, 0.15) is 6.04 Å². The van der Waals surface area contributed by atoms with Gasteiger partial charge in [-0.1, -0.05) is 66.8 Å². The summed E-state index contributed by atoms with van der Waals surface area (Å²) < 4.78 is 0. The first-order valence-electron chi connectivity index (χ1n) is 9.43. The predicted molar refractivity (Wildman–Crippen MR) is 119 cm³/mol. The lowest BCUT2D eigenvalue weighted by molar-refractivity contribution is -0.140. The number of halogens is 3. The number of carbonyl (C=O) groups excluding carboxylic acids is 2. The number of carbonyl (C=O) groups is 2. The topological polar surface area (TPSA) is 49.4 Å². The van der Waals surface area contributed by atoms with Crippen molar-refractivity contribution in [1.82, 2.24) is 10.2 Å². The smallest absolute Gasteiger partial charge is 0.242 e. The lowest BCUT2D eigenvalue weighted by atomic mass is 10.1. The Labute approximate surface area is 187 Å². The zero-order valence-electron chi connectivity index (χ0n) is 16.7. The van der Waals surface area contributed by atoms with E-state index in [1.165, 1.54) is 0 Å². The first-order chi connectivity index (χ1) is 13.7. The van der Waals surface area contributed by atoms with Gasteiger partial charge in [0, 0.05) is 18.1 Å². The number of nitrogens with zero attached hydrogens (tertiary/aromatic N) is 1. The van der Waals surface area contributed by atoms with Crippen molar-refractivity contribution in [2.75, 3.05) is 6.54 Å². The van der Waals surface area contributed by atoms with Crippen molar-refractivity contribution >= 4 is 46.6 Å². The first-order valence-corrected chi connectivity index (χ1v) is 10.6. The third-order valence-electron chi connectivity index (χ3n) is 4.43. The maximum atomic E-state index is 13.1. The summed E-state index contributed by atoms with van der Waals surface area (Å²) in [5.74, 6) is -0.0550. The van der Waals surface area contributed by atoms with E-state index in [-0.39, 0.29) is 24.8 Å². The van der Waals surface area contributed by atoms with Crippen LogP contribution >= 0.6 is 34.8 Å². The average molecular weight is 456 g/mol. The molecule has 0 heterocycles. The first kappa shape index (κ1) is 23.5. The molecule has 4 nitrogen and oxygen atoms in total. The van der Waals surface area contributed by atoms with Gasteiger partial charge in [-0.2, -0.15) is 0 Å². The quantitative estimate of drug-likeness (QED) is 0.581. The van der Waals surface area contributed by atoms with Crippen LogP contribution in [-0.2, 0) is 22.6 Å². The van der Waals surface area contributed by atoms with Crippen molar-refractivity contribution in [2.24, 2.45) is 5.92 Å². The summed E-state index contributed by atoms with van der Waals surface area (Å²) in [6.07, 6.45) is 0.143. The molecule has 0 aliphatic heterocycles. The fourth-order valence-electron chi connectivity index (χ4n) is 2.79. The molecular weight excluding hydrogens is 431 g/mol. The van der Waals surface area contributed by atoms with Crippen LogP contribution in [0.4, 0.5) is 0 Å². The van der Waals surface area contributed by atoms with Gasteiger partial charge in [0.05, 0.1) is 16.5 Å². The Bertz CT molecular complexity index is 871. The molecule has 1 unspecified atom stereocenters. The molecule has 0 saturated heterocycles. The number of benzene rings is 2. The van der Waals surface area contributed by atoms with E-state index in [9.17, 15) is 9.59 Å². The Balaban J connectivity index is 2.24. The van der Waals surface area contributed by atoms with E-state index in [0.717, 1.165) is 11.1 Å². The average Bonchev–Trinajstić information content (AvgIpc) is 2.66. The van der Waals surface area contributed by atoms with Crippen LogP contribution in [0, 0.1) is 5.92 Å². The third-order valence-corrected chi connectivity index (χ3v) is 5.41. The number of hydrogen-bond donors (Lipinski definition) is 1. The molecule has 0 saturated carbocycles. The summed E-state index contributed by atoms with van der Waals surface area (Å²) in [6.45, 7) is 6.55. The largest absolute Gasteiger partial charge is 0.354 e. The van der Waals surface area contributed by atoms with E-state index in [1.807, 2.05) is 19.9 Å². The summed E-state index contributed by atoms with van der Waals surface area (Å²) in [7, 11) is 0. The van der Waals surface area contributed by atoms with Gasteiger partial charge in [0.15, 0.2) is 0 Å². The van der Waals surface area contributed by atoms with E-state index in [1.54, 1.807) is 48.2 Å². The maximum Gasteiger partial charge on any atom is 0.242 e. The molecule has 0 spiro atoms. The summed E-state index contributed by atoms with van der Waals surface area (Å²) in [5, 5.41) is 4.30. The Kier molecular flexibility index (Phi) is 8.81. The van der Waals surface area contributed by atoms with E-state index in [0.29, 0.717) is 27.5 Å². The van der Waals surface area contributed by atoms with Crippen molar-refractivity contribution in [3.8, 4) is 0 Å². The molecule has 2 aromatic carbocycles. The molecule has 2 aromatic rings. The van der Waals surface area contributed by atoms with Crippen LogP contribution in [-0.4, -0.2) is 29.3 Å². The SMILES string of the molecule is CC(C)CNC(=O)C(C)N(Cc1ccc(Cl)c(Cl)c1)C(=O)Cc1cccc(Cl)c1. The van der Waals surface area contributed by atoms with Crippen LogP contribution in [0.5, 0.6) is 0 Å². The Hall–Kier alpha value is -1.75. The highest BCUT2D eigenvalue weighted by Crippen LogP contribution is 2.24. The minimum atomic E-state index is -0.644. The lowest BCUT2D eigenvalue weighted by Crippen LogP contribution is -2.48. The summed E-state index contributed by atoms with van der Waals surface area (Å²) in [6, 6.07) is 11.7. The van der Waals surface area contributed by atoms with Crippen LogP contribution in [0.15, 0.2) is 42.5 Å². The van der Waals surface area contributed by atoms with Crippen molar-refractivity contribution < 1.29 is 9.59 Å². The minimum Gasteiger partial charge on any atom is -0.354 e. The second-order valence-corrected chi connectivity index (χ2v) is 8.64. The molecule has 7 heteroatoms. The van der Waals surface area contributed by atoms with Gasteiger partial charge in [-0.3, -0.25) is 9.59 Å². The van der Waals surface area contributed by atoms with Crippen molar-refractivity contribution in [3.05, 3.63) is 68.7 Å². The highest BCUT2D eigenvalue weighted by Gasteiger charge is 2.26. The predicted octanol–water partition coefficient (Wildman–Crippen LogP) is 5.38. The second kappa shape index (κ2) is 10.9. The van der Waals surface area contributed by atoms with Gasteiger partial charge < -0.3 is 10.2 Å². The van der Waals surface area contributed by atoms with E-state index < -0.39 is 6.04 Å². The Morgan fingerprint density at radius 1 is 0.966 bits per heavy atom. The second-order valence-electron chi connectivity index (χ2n) is 7.39. The fraction of sp³-hybridized carbons (Fsp3) is 0.364. The van der Waals surface area contributed by atoms with Crippen LogP contribution < -0.4 is 5.32 Å². The van der Waals surface area contributed by atoms with Crippen LogP contribution in [0.1, 0.15) is 31.9 Å². The highest BCUT2D eigenvalue weighted by atomic mass is 35.5. The molecule has 2 rings (SSSR count). The normalized spacial score (nSPS) is 12.0. The summed E-state index contributed by atoms with van der Waals surface area (Å²) >= 11 is 18.2. The maximum absolute atomic E-state index is 13.1.